The number of anilines is 3. The van der Waals surface area contributed by atoms with E-state index in [2.05, 4.69) is 20.6 Å². The average molecular weight is 376 g/mol. The van der Waals surface area contributed by atoms with Crippen LogP contribution in [0.3, 0.4) is 0 Å². The minimum absolute atomic E-state index is 0.306. The van der Waals surface area contributed by atoms with E-state index >= 15 is 0 Å². The topological polar surface area (TPSA) is 66.9 Å². The summed E-state index contributed by atoms with van der Waals surface area (Å²) < 4.78 is 26.4. The van der Waals surface area contributed by atoms with E-state index in [1.807, 2.05) is 24.3 Å². The highest BCUT2D eigenvalue weighted by Crippen LogP contribution is 2.22. The van der Waals surface area contributed by atoms with Crippen LogP contribution in [0.25, 0.3) is 10.9 Å². The largest absolute Gasteiger partial charge is 0.354 e. The van der Waals surface area contributed by atoms with E-state index in [0.717, 1.165) is 17.5 Å². The summed E-state index contributed by atoms with van der Waals surface area (Å²) in [7, 11) is 0. The number of carbonyl (C=O) groups excluding carboxylic acids is 1. The van der Waals surface area contributed by atoms with Gasteiger partial charge in [0, 0.05) is 29.5 Å². The lowest BCUT2D eigenvalue weighted by atomic mass is 10.1. The second kappa shape index (κ2) is 7.40. The predicted molar refractivity (Wildman–Crippen MR) is 104 cm³/mol. The van der Waals surface area contributed by atoms with Gasteiger partial charge in [0.2, 0.25) is 0 Å². The number of carbonyl (C=O) groups is 1. The Kier molecular flexibility index (Phi) is 4.63. The Morgan fingerprint density at radius 3 is 2.61 bits per heavy atom. The van der Waals surface area contributed by atoms with Gasteiger partial charge < -0.3 is 10.6 Å². The lowest BCUT2D eigenvalue weighted by Crippen LogP contribution is -2.13. The molecule has 7 heteroatoms. The zero-order valence-electron chi connectivity index (χ0n) is 14.5. The number of pyridine rings is 2. The smallest absolute Gasteiger partial charge is 0.257 e. The molecule has 28 heavy (non-hydrogen) atoms. The summed E-state index contributed by atoms with van der Waals surface area (Å²) in [4.78, 5) is 21.0. The monoisotopic (exact) mass is 376 g/mol. The van der Waals surface area contributed by atoms with E-state index in [1.165, 1.54) is 18.5 Å². The number of amides is 1. The van der Waals surface area contributed by atoms with Crippen molar-refractivity contribution in [3.8, 4) is 0 Å². The van der Waals surface area contributed by atoms with Crippen LogP contribution >= 0.6 is 0 Å². The summed E-state index contributed by atoms with van der Waals surface area (Å²) in [5, 5.41) is 6.64. The number of aromatic nitrogens is 2. The Morgan fingerprint density at radius 2 is 1.75 bits per heavy atom. The van der Waals surface area contributed by atoms with Crippen LogP contribution in [0.1, 0.15) is 10.4 Å². The number of nitrogens with zero attached hydrogens (tertiary/aromatic N) is 2. The Morgan fingerprint density at radius 1 is 0.893 bits per heavy atom. The molecule has 4 aromatic rings. The molecule has 0 spiro atoms. The first-order valence-electron chi connectivity index (χ1n) is 8.42. The van der Waals surface area contributed by atoms with E-state index in [4.69, 9.17) is 0 Å². The second-order valence-corrected chi connectivity index (χ2v) is 6.05. The molecule has 0 aliphatic rings. The Bertz CT molecular complexity index is 1170. The summed E-state index contributed by atoms with van der Waals surface area (Å²) in [6.07, 6.45) is 4.56. The van der Waals surface area contributed by atoms with Crippen molar-refractivity contribution in [3.63, 3.8) is 0 Å². The van der Waals surface area contributed by atoms with Crippen LogP contribution in [0.15, 0.2) is 73.2 Å². The fourth-order valence-corrected chi connectivity index (χ4v) is 2.77. The molecular formula is C21H14F2N4O. The molecule has 0 aliphatic heterocycles. The molecule has 2 aromatic heterocycles. The van der Waals surface area contributed by atoms with Crippen molar-refractivity contribution in [2.75, 3.05) is 10.6 Å². The zero-order chi connectivity index (χ0) is 19.5. The Balaban J connectivity index is 1.56. The molecule has 0 radical (unpaired) electrons. The first-order valence-corrected chi connectivity index (χ1v) is 8.42. The van der Waals surface area contributed by atoms with E-state index in [0.29, 0.717) is 28.1 Å². The number of hydrogen-bond donors (Lipinski definition) is 2. The SMILES string of the molecule is O=C(Nc1cccc2cccnc12)c1cncc(Nc2ccc(F)c(F)c2)c1. The van der Waals surface area contributed by atoms with Crippen LogP contribution in [0.2, 0.25) is 0 Å². The minimum atomic E-state index is -0.963. The van der Waals surface area contributed by atoms with Gasteiger partial charge in [0.05, 0.1) is 28.7 Å². The van der Waals surface area contributed by atoms with Gasteiger partial charge in [-0.15, -0.1) is 0 Å². The van der Waals surface area contributed by atoms with Gasteiger partial charge in [0.25, 0.3) is 5.91 Å². The van der Waals surface area contributed by atoms with Gasteiger partial charge in [-0.2, -0.15) is 0 Å². The molecular weight excluding hydrogens is 362 g/mol. The molecule has 2 N–H and O–H groups in total. The second-order valence-electron chi connectivity index (χ2n) is 6.05. The molecule has 4 rings (SSSR count). The lowest BCUT2D eigenvalue weighted by molar-refractivity contribution is 0.102. The van der Waals surface area contributed by atoms with Crippen LogP contribution in [-0.2, 0) is 0 Å². The fraction of sp³-hybridized carbons (Fsp3) is 0. The van der Waals surface area contributed by atoms with Crippen LogP contribution in [0.4, 0.5) is 25.8 Å². The number of rotatable bonds is 4. The van der Waals surface area contributed by atoms with E-state index in [9.17, 15) is 13.6 Å². The lowest BCUT2D eigenvalue weighted by Gasteiger charge is -2.10. The summed E-state index contributed by atoms with van der Waals surface area (Å²) in [6, 6.07) is 14.3. The fourth-order valence-electron chi connectivity index (χ4n) is 2.77. The van der Waals surface area contributed by atoms with E-state index < -0.39 is 11.6 Å². The van der Waals surface area contributed by atoms with Crippen molar-refractivity contribution in [1.29, 1.82) is 0 Å². The van der Waals surface area contributed by atoms with Crippen LogP contribution in [-0.4, -0.2) is 15.9 Å². The summed E-state index contributed by atoms with van der Waals surface area (Å²) >= 11 is 0. The molecule has 2 heterocycles. The quantitative estimate of drug-likeness (QED) is 0.531. The third-order valence-electron chi connectivity index (χ3n) is 4.09. The maximum Gasteiger partial charge on any atom is 0.257 e. The average Bonchev–Trinajstić information content (AvgIpc) is 2.71. The van der Waals surface area contributed by atoms with Crippen molar-refractivity contribution in [2.24, 2.45) is 0 Å². The van der Waals surface area contributed by atoms with Crippen molar-refractivity contribution >= 4 is 33.9 Å². The van der Waals surface area contributed by atoms with Crippen molar-refractivity contribution < 1.29 is 13.6 Å². The molecule has 0 bridgehead atoms. The van der Waals surface area contributed by atoms with Crippen molar-refractivity contribution in [1.82, 2.24) is 9.97 Å². The molecule has 2 aromatic carbocycles. The van der Waals surface area contributed by atoms with E-state index in [-0.39, 0.29) is 5.91 Å². The van der Waals surface area contributed by atoms with Crippen LogP contribution in [0.5, 0.6) is 0 Å². The minimum Gasteiger partial charge on any atom is -0.354 e. The number of fused-ring (bicyclic) bond motifs is 1. The summed E-state index contributed by atoms with van der Waals surface area (Å²) in [6.45, 7) is 0. The number of halogens is 2. The normalized spacial score (nSPS) is 10.6. The molecule has 0 atom stereocenters. The third kappa shape index (κ3) is 3.64. The van der Waals surface area contributed by atoms with Gasteiger partial charge in [0.15, 0.2) is 11.6 Å². The van der Waals surface area contributed by atoms with Gasteiger partial charge in [0.1, 0.15) is 0 Å². The Hall–Kier alpha value is -3.87. The highest BCUT2D eigenvalue weighted by Gasteiger charge is 2.11. The summed E-state index contributed by atoms with van der Waals surface area (Å²) in [5.41, 5.74) is 2.39. The van der Waals surface area contributed by atoms with E-state index in [1.54, 1.807) is 18.3 Å². The first-order chi connectivity index (χ1) is 13.6. The van der Waals surface area contributed by atoms with Gasteiger partial charge >= 0.3 is 0 Å². The van der Waals surface area contributed by atoms with Gasteiger partial charge in [-0.3, -0.25) is 14.8 Å². The standard InChI is InChI=1S/C21H14F2N4O/c22-17-7-6-15(10-18(17)23)26-16-9-14(11-24-12-16)21(28)27-19-5-1-3-13-4-2-8-25-20(13)19/h1-12,26H,(H,27,28). The highest BCUT2D eigenvalue weighted by molar-refractivity contribution is 6.08. The zero-order valence-corrected chi connectivity index (χ0v) is 14.5. The maximum atomic E-state index is 13.4. The molecule has 0 saturated heterocycles. The van der Waals surface area contributed by atoms with Crippen molar-refractivity contribution in [2.45, 2.75) is 0 Å². The summed E-state index contributed by atoms with van der Waals surface area (Å²) in [5.74, 6) is -2.25. The van der Waals surface area contributed by atoms with Gasteiger partial charge in [-0.1, -0.05) is 18.2 Å². The van der Waals surface area contributed by atoms with Gasteiger partial charge in [-0.25, -0.2) is 8.78 Å². The predicted octanol–water partition coefficient (Wildman–Crippen LogP) is 4.90. The molecule has 5 nitrogen and oxygen atoms in total. The first kappa shape index (κ1) is 17.5. The highest BCUT2D eigenvalue weighted by atomic mass is 19.2. The molecule has 138 valence electrons. The molecule has 0 unspecified atom stereocenters. The van der Waals surface area contributed by atoms with Crippen LogP contribution < -0.4 is 10.6 Å². The Labute approximate surface area is 159 Å². The molecule has 0 fully saturated rings. The maximum absolute atomic E-state index is 13.4. The van der Waals surface area contributed by atoms with Crippen molar-refractivity contribution in [3.05, 3.63) is 90.4 Å². The number of benzene rings is 2. The third-order valence-corrected chi connectivity index (χ3v) is 4.09. The number of para-hydroxylation sites is 1. The molecule has 0 saturated carbocycles. The van der Waals surface area contributed by atoms with Gasteiger partial charge in [-0.05, 0) is 30.3 Å². The number of hydrogen-bond acceptors (Lipinski definition) is 4. The molecule has 1 amide bonds. The van der Waals surface area contributed by atoms with Crippen LogP contribution in [0, 0.1) is 11.6 Å². The molecule has 0 aliphatic carbocycles. The number of nitrogens with one attached hydrogen (secondary N) is 2.